The maximum absolute atomic E-state index is 12.6. The molecule has 1 unspecified atom stereocenters. The number of aryl methyl sites for hydroxylation is 2. The lowest BCUT2D eigenvalue weighted by atomic mass is 10.0. The number of carbonyl (C=O) groups excluding carboxylic acids is 1. The van der Waals surface area contributed by atoms with E-state index < -0.39 is 0 Å². The molecular weight excluding hydrogens is 370 g/mol. The van der Waals surface area contributed by atoms with Crippen LogP contribution in [0.15, 0.2) is 41.1 Å². The first kappa shape index (κ1) is 17.4. The monoisotopic (exact) mass is 389 g/mol. The van der Waals surface area contributed by atoms with Crippen LogP contribution < -0.4 is 10.1 Å². The summed E-state index contributed by atoms with van der Waals surface area (Å²) in [6, 6.07) is 9.28. The lowest BCUT2D eigenvalue weighted by Gasteiger charge is -2.28. The van der Waals surface area contributed by atoms with E-state index in [-0.39, 0.29) is 11.9 Å². The lowest BCUT2D eigenvalue weighted by Crippen LogP contribution is -2.30. The van der Waals surface area contributed by atoms with E-state index in [2.05, 4.69) is 20.4 Å². The average molecular weight is 389 g/mol. The van der Waals surface area contributed by atoms with Crippen molar-refractivity contribution >= 4 is 16.9 Å². The molecular formula is C21H19N5O3. The number of rotatable bonds is 3. The molecule has 4 heterocycles. The van der Waals surface area contributed by atoms with Gasteiger partial charge in [-0.15, -0.1) is 0 Å². The van der Waals surface area contributed by atoms with Gasteiger partial charge >= 0.3 is 0 Å². The topological polar surface area (TPSA) is 95.1 Å². The number of nitrogens with one attached hydrogen (secondary N) is 1. The smallest absolute Gasteiger partial charge is 0.287 e. The van der Waals surface area contributed by atoms with E-state index in [4.69, 9.17) is 9.26 Å². The summed E-state index contributed by atoms with van der Waals surface area (Å²) in [6.45, 7) is 4.11. The van der Waals surface area contributed by atoms with Crippen LogP contribution in [0.25, 0.3) is 22.2 Å². The predicted octanol–water partition coefficient (Wildman–Crippen LogP) is 3.04. The summed E-state index contributed by atoms with van der Waals surface area (Å²) in [7, 11) is 1.60. The third-order valence-electron chi connectivity index (χ3n) is 5.26. The molecule has 0 saturated carbocycles. The third-order valence-corrected chi connectivity index (χ3v) is 5.26. The van der Waals surface area contributed by atoms with Crippen molar-refractivity contribution in [1.29, 1.82) is 0 Å². The fraction of sp³-hybridized carbons (Fsp3) is 0.238. The van der Waals surface area contributed by atoms with Crippen LogP contribution in [0.1, 0.15) is 33.8 Å². The number of pyridine rings is 1. The van der Waals surface area contributed by atoms with Crippen molar-refractivity contribution in [3.63, 3.8) is 0 Å². The minimum atomic E-state index is -0.263. The summed E-state index contributed by atoms with van der Waals surface area (Å²) >= 11 is 0. The molecule has 0 bridgehead atoms. The number of benzene rings is 1. The molecule has 146 valence electrons. The van der Waals surface area contributed by atoms with E-state index in [1.807, 2.05) is 48.7 Å². The number of hydrogen-bond acceptors (Lipinski definition) is 6. The second-order valence-corrected chi connectivity index (χ2v) is 6.98. The largest absolute Gasteiger partial charge is 0.488 e. The van der Waals surface area contributed by atoms with Crippen LogP contribution >= 0.6 is 0 Å². The van der Waals surface area contributed by atoms with Crippen LogP contribution in [0.3, 0.4) is 0 Å². The molecule has 4 aromatic rings. The van der Waals surface area contributed by atoms with Gasteiger partial charge in [-0.05, 0) is 38.1 Å². The fourth-order valence-electron chi connectivity index (χ4n) is 3.97. The highest BCUT2D eigenvalue weighted by Crippen LogP contribution is 2.44. The molecule has 1 aromatic carbocycles. The molecule has 1 aliphatic rings. The molecule has 1 N–H and O–H groups in total. The molecule has 0 aliphatic carbocycles. The second-order valence-electron chi connectivity index (χ2n) is 6.98. The van der Waals surface area contributed by atoms with Crippen molar-refractivity contribution in [1.82, 2.24) is 25.0 Å². The Morgan fingerprint density at radius 3 is 2.79 bits per heavy atom. The number of carbonyl (C=O) groups is 1. The summed E-state index contributed by atoms with van der Waals surface area (Å²) in [5, 5.41) is 6.76. The number of aromatic nitrogens is 4. The zero-order chi connectivity index (χ0) is 20.1. The van der Waals surface area contributed by atoms with Crippen molar-refractivity contribution in [3.05, 3.63) is 59.5 Å². The Hall–Kier alpha value is -3.68. The minimum absolute atomic E-state index is 0.256. The quantitative estimate of drug-likeness (QED) is 0.579. The molecule has 29 heavy (non-hydrogen) atoms. The van der Waals surface area contributed by atoms with Crippen molar-refractivity contribution in [2.75, 3.05) is 13.7 Å². The summed E-state index contributed by atoms with van der Waals surface area (Å²) in [6.07, 6.45) is 1.73. The maximum Gasteiger partial charge on any atom is 0.287 e. The summed E-state index contributed by atoms with van der Waals surface area (Å²) in [5.74, 6) is 1.46. The van der Waals surface area contributed by atoms with Crippen LogP contribution in [0.4, 0.5) is 0 Å². The van der Waals surface area contributed by atoms with Gasteiger partial charge in [0, 0.05) is 18.8 Å². The third kappa shape index (κ3) is 2.52. The van der Waals surface area contributed by atoms with Gasteiger partial charge in [0.15, 0.2) is 5.75 Å². The second kappa shape index (κ2) is 6.44. The molecule has 8 nitrogen and oxygen atoms in total. The van der Waals surface area contributed by atoms with Crippen LogP contribution in [0.2, 0.25) is 0 Å². The fourth-order valence-corrected chi connectivity index (χ4v) is 3.97. The van der Waals surface area contributed by atoms with Crippen molar-refractivity contribution in [2.24, 2.45) is 0 Å². The van der Waals surface area contributed by atoms with Crippen LogP contribution in [-0.2, 0) is 0 Å². The molecule has 8 heteroatoms. The van der Waals surface area contributed by atoms with Crippen LogP contribution in [-0.4, -0.2) is 39.3 Å². The van der Waals surface area contributed by atoms with Crippen LogP contribution in [0.5, 0.6) is 5.75 Å². The van der Waals surface area contributed by atoms with E-state index in [1.165, 1.54) is 0 Å². The zero-order valence-corrected chi connectivity index (χ0v) is 16.3. The van der Waals surface area contributed by atoms with Crippen molar-refractivity contribution in [3.8, 4) is 16.9 Å². The minimum Gasteiger partial charge on any atom is -0.488 e. The Bertz CT molecular complexity index is 1220. The highest BCUT2D eigenvalue weighted by atomic mass is 16.5. The molecule has 5 rings (SSSR count). The van der Waals surface area contributed by atoms with Crippen molar-refractivity contribution < 1.29 is 14.1 Å². The predicted molar refractivity (Wildman–Crippen MR) is 106 cm³/mol. The summed E-state index contributed by atoms with van der Waals surface area (Å²) in [5.41, 5.74) is 4.82. The van der Waals surface area contributed by atoms with Gasteiger partial charge < -0.3 is 19.1 Å². The van der Waals surface area contributed by atoms with E-state index in [1.54, 1.807) is 13.2 Å². The first-order valence-corrected chi connectivity index (χ1v) is 9.34. The Labute approximate surface area is 166 Å². The SMILES string of the molecule is CNC(=O)c1nc2ccc(-c3c(C)noc3C)c3c2n1C(c1ccccn1)CO3. The van der Waals surface area contributed by atoms with Gasteiger partial charge in [0.2, 0.25) is 5.82 Å². The number of amides is 1. The standard InChI is InChI=1S/C21H19N5O3/c1-11-17(12(2)29-25-11)13-7-8-15-18-19(13)28-10-16(14-6-4-5-9-23-14)26(18)20(24-15)21(27)22-3/h4-9,16H,10H2,1-3H3,(H,22,27). The summed E-state index contributed by atoms with van der Waals surface area (Å²) < 4.78 is 13.5. The Morgan fingerprint density at radius 2 is 2.10 bits per heavy atom. The number of ether oxygens (including phenoxy) is 1. The van der Waals surface area contributed by atoms with E-state index >= 15 is 0 Å². The van der Waals surface area contributed by atoms with Gasteiger partial charge in [-0.1, -0.05) is 11.2 Å². The molecule has 1 aliphatic heterocycles. The van der Waals surface area contributed by atoms with Crippen LogP contribution in [0, 0.1) is 13.8 Å². The van der Waals surface area contributed by atoms with Gasteiger partial charge in [0.1, 0.15) is 23.9 Å². The summed E-state index contributed by atoms with van der Waals surface area (Å²) in [4.78, 5) is 21.7. The highest BCUT2D eigenvalue weighted by Gasteiger charge is 2.33. The average Bonchev–Trinajstić information content (AvgIpc) is 3.30. The first-order chi connectivity index (χ1) is 14.1. The van der Waals surface area contributed by atoms with E-state index in [0.717, 1.165) is 28.0 Å². The Morgan fingerprint density at radius 1 is 1.24 bits per heavy atom. The molecule has 0 spiro atoms. The first-order valence-electron chi connectivity index (χ1n) is 9.34. The molecule has 0 fully saturated rings. The van der Waals surface area contributed by atoms with Crippen molar-refractivity contribution in [2.45, 2.75) is 19.9 Å². The Kier molecular flexibility index (Phi) is 3.87. The number of imidazole rings is 1. The van der Waals surface area contributed by atoms with Gasteiger partial charge in [0.25, 0.3) is 5.91 Å². The molecule has 1 atom stereocenters. The Balaban J connectivity index is 1.83. The van der Waals surface area contributed by atoms with E-state index in [0.29, 0.717) is 29.5 Å². The molecule has 3 aromatic heterocycles. The van der Waals surface area contributed by atoms with Gasteiger partial charge in [-0.25, -0.2) is 4.98 Å². The van der Waals surface area contributed by atoms with E-state index in [9.17, 15) is 4.79 Å². The van der Waals surface area contributed by atoms with Gasteiger partial charge in [0.05, 0.1) is 22.5 Å². The lowest BCUT2D eigenvalue weighted by molar-refractivity contribution is 0.0945. The molecule has 0 saturated heterocycles. The van der Waals surface area contributed by atoms with Gasteiger partial charge in [-0.3, -0.25) is 9.78 Å². The number of nitrogens with zero attached hydrogens (tertiary/aromatic N) is 4. The van der Waals surface area contributed by atoms with Gasteiger partial charge in [-0.2, -0.15) is 0 Å². The molecule has 0 radical (unpaired) electrons. The molecule has 1 amide bonds. The highest BCUT2D eigenvalue weighted by molar-refractivity contribution is 5.99. The normalized spacial score (nSPS) is 15.3. The maximum atomic E-state index is 12.6. The zero-order valence-electron chi connectivity index (χ0n) is 16.3. The number of hydrogen-bond donors (Lipinski definition) is 1.